The molecule has 0 aliphatic heterocycles. The highest BCUT2D eigenvalue weighted by Gasteiger charge is 2.07. The van der Waals surface area contributed by atoms with E-state index in [4.69, 9.17) is 0 Å². The van der Waals surface area contributed by atoms with Crippen LogP contribution in [-0.2, 0) is 0 Å². The second kappa shape index (κ2) is 4.07. The molecule has 3 nitrogen and oxygen atoms in total. The fourth-order valence-electron chi connectivity index (χ4n) is 1.96. The van der Waals surface area contributed by atoms with E-state index in [1.54, 1.807) is 12.3 Å². The molecule has 0 amide bonds. The summed E-state index contributed by atoms with van der Waals surface area (Å²) < 4.78 is 15.5. The average molecular weight is 240 g/mol. The molecule has 0 saturated carbocycles. The minimum Gasteiger partial charge on any atom is -0.300 e. The summed E-state index contributed by atoms with van der Waals surface area (Å²) in [6, 6.07) is 10.2. The second-order valence-electron chi connectivity index (χ2n) is 3.92. The highest BCUT2D eigenvalue weighted by atomic mass is 19.1. The molecular formula is C14H9FN2O. The summed E-state index contributed by atoms with van der Waals surface area (Å²) in [5, 5.41) is 0. The van der Waals surface area contributed by atoms with E-state index in [-0.39, 0.29) is 5.56 Å². The highest BCUT2D eigenvalue weighted by Crippen LogP contribution is 2.22. The van der Waals surface area contributed by atoms with Crippen LogP contribution < -0.4 is 0 Å². The average Bonchev–Trinajstić information content (AvgIpc) is 2.86. The lowest BCUT2D eigenvalue weighted by Gasteiger charge is -2.06. The van der Waals surface area contributed by atoms with E-state index in [0.717, 1.165) is 11.3 Å². The molecule has 0 atom stereocenters. The van der Waals surface area contributed by atoms with Gasteiger partial charge in [0.25, 0.3) is 0 Å². The Morgan fingerprint density at radius 2 is 2.11 bits per heavy atom. The predicted octanol–water partition coefficient (Wildman–Crippen LogP) is 2.95. The van der Waals surface area contributed by atoms with Crippen LogP contribution >= 0.6 is 0 Å². The molecule has 1 aromatic carbocycles. The first-order valence-corrected chi connectivity index (χ1v) is 5.47. The van der Waals surface area contributed by atoms with Gasteiger partial charge < -0.3 is 0 Å². The third-order valence-electron chi connectivity index (χ3n) is 2.85. The first-order chi connectivity index (χ1) is 8.79. The van der Waals surface area contributed by atoms with Crippen LogP contribution in [0.15, 0.2) is 48.8 Å². The number of fused-ring (bicyclic) bond motifs is 1. The van der Waals surface area contributed by atoms with Crippen LogP contribution in [0.5, 0.6) is 0 Å². The quantitative estimate of drug-likeness (QED) is 0.645. The van der Waals surface area contributed by atoms with Gasteiger partial charge in [-0.05, 0) is 24.3 Å². The van der Waals surface area contributed by atoms with Crippen LogP contribution in [0.1, 0.15) is 10.4 Å². The van der Waals surface area contributed by atoms with E-state index in [0.29, 0.717) is 11.8 Å². The highest BCUT2D eigenvalue weighted by molar-refractivity contribution is 5.77. The van der Waals surface area contributed by atoms with E-state index >= 15 is 0 Å². The maximum Gasteiger partial charge on any atom is 0.152 e. The number of hydrogen-bond acceptors (Lipinski definition) is 2. The largest absolute Gasteiger partial charge is 0.300 e. The van der Waals surface area contributed by atoms with Crippen LogP contribution in [0.4, 0.5) is 4.39 Å². The summed E-state index contributed by atoms with van der Waals surface area (Å²) in [5.41, 5.74) is 2.41. The van der Waals surface area contributed by atoms with Gasteiger partial charge in [-0.2, -0.15) is 0 Å². The van der Waals surface area contributed by atoms with E-state index in [1.165, 1.54) is 12.1 Å². The standard InChI is InChI=1S/C14H9FN2O/c15-12-8-10(4-5-11(12)9-18)13-2-1-3-14-16-6-7-17(13)14/h1-9H. The monoisotopic (exact) mass is 240 g/mol. The number of carbonyl (C=O) groups excluding carboxylic acids is 1. The van der Waals surface area contributed by atoms with Gasteiger partial charge in [0.15, 0.2) is 6.29 Å². The molecule has 18 heavy (non-hydrogen) atoms. The molecule has 0 aliphatic carbocycles. The summed E-state index contributed by atoms with van der Waals surface area (Å²) >= 11 is 0. The number of benzene rings is 1. The number of imidazole rings is 1. The topological polar surface area (TPSA) is 34.4 Å². The first-order valence-electron chi connectivity index (χ1n) is 5.47. The van der Waals surface area contributed by atoms with Crippen LogP contribution in [-0.4, -0.2) is 15.7 Å². The normalized spacial score (nSPS) is 10.7. The fraction of sp³-hybridized carbons (Fsp3) is 0. The van der Waals surface area contributed by atoms with Crippen molar-refractivity contribution in [2.24, 2.45) is 0 Å². The van der Waals surface area contributed by atoms with Crippen molar-refractivity contribution in [2.75, 3.05) is 0 Å². The summed E-state index contributed by atoms with van der Waals surface area (Å²) in [5.74, 6) is -0.514. The van der Waals surface area contributed by atoms with Crippen molar-refractivity contribution in [3.63, 3.8) is 0 Å². The van der Waals surface area contributed by atoms with Crippen molar-refractivity contribution in [3.05, 3.63) is 60.2 Å². The van der Waals surface area contributed by atoms with E-state index < -0.39 is 5.82 Å². The van der Waals surface area contributed by atoms with Gasteiger partial charge in [-0.3, -0.25) is 9.20 Å². The lowest BCUT2D eigenvalue weighted by atomic mass is 10.1. The van der Waals surface area contributed by atoms with Crippen molar-refractivity contribution in [1.29, 1.82) is 0 Å². The lowest BCUT2D eigenvalue weighted by molar-refractivity contribution is 0.112. The van der Waals surface area contributed by atoms with Gasteiger partial charge >= 0.3 is 0 Å². The van der Waals surface area contributed by atoms with Crippen molar-refractivity contribution in [1.82, 2.24) is 9.38 Å². The molecule has 0 unspecified atom stereocenters. The number of aromatic nitrogens is 2. The van der Waals surface area contributed by atoms with Crippen LogP contribution in [0.3, 0.4) is 0 Å². The van der Waals surface area contributed by atoms with Gasteiger partial charge in [0.1, 0.15) is 11.5 Å². The Balaban J connectivity index is 2.23. The predicted molar refractivity (Wildman–Crippen MR) is 66.0 cm³/mol. The zero-order valence-corrected chi connectivity index (χ0v) is 9.38. The number of aldehydes is 1. The maximum absolute atomic E-state index is 13.6. The van der Waals surface area contributed by atoms with Gasteiger partial charge in [-0.15, -0.1) is 0 Å². The third kappa shape index (κ3) is 1.59. The zero-order valence-electron chi connectivity index (χ0n) is 9.38. The maximum atomic E-state index is 13.6. The summed E-state index contributed by atoms with van der Waals surface area (Å²) in [7, 11) is 0. The number of carbonyl (C=O) groups is 1. The molecule has 4 heteroatoms. The molecule has 2 aromatic heterocycles. The smallest absolute Gasteiger partial charge is 0.152 e. The van der Waals surface area contributed by atoms with Gasteiger partial charge in [0, 0.05) is 18.0 Å². The molecule has 0 N–H and O–H groups in total. The molecule has 0 saturated heterocycles. The number of nitrogens with zero attached hydrogens (tertiary/aromatic N) is 2. The second-order valence-corrected chi connectivity index (χ2v) is 3.92. The molecule has 0 radical (unpaired) electrons. The Bertz CT molecular complexity index is 733. The Morgan fingerprint density at radius 1 is 1.22 bits per heavy atom. The molecule has 0 aliphatic rings. The molecule has 2 heterocycles. The third-order valence-corrected chi connectivity index (χ3v) is 2.85. The van der Waals surface area contributed by atoms with Gasteiger partial charge in [0.2, 0.25) is 0 Å². The van der Waals surface area contributed by atoms with E-state index in [1.807, 2.05) is 28.8 Å². The Kier molecular flexibility index (Phi) is 2.41. The summed E-state index contributed by atoms with van der Waals surface area (Å²) in [6.07, 6.45) is 4.02. The van der Waals surface area contributed by atoms with E-state index in [9.17, 15) is 9.18 Å². The molecule has 0 fully saturated rings. The van der Waals surface area contributed by atoms with Crippen LogP contribution in [0.25, 0.3) is 16.9 Å². The minimum atomic E-state index is -0.514. The van der Waals surface area contributed by atoms with Gasteiger partial charge in [-0.25, -0.2) is 9.37 Å². The van der Waals surface area contributed by atoms with Crippen LogP contribution in [0, 0.1) is 5.82 Å². The number of halogens is 1. The van der Waals surface area contributed by atoms with Crippen molar-refractivity contribution in [3.8, 4) is 11.3 Å². The molecule has 88 valence electrons. The number of pyridine rings is 1. The van der Waals surface area contributed by atoms with Crippen LogP contribution in [0.2, 0.25) is 0 Å². The van der Waals surface area contributed by atoms with E-state index in [2.05, 4.69) is 4.98 Å². The SMILES string of the molecule is O=Cc1ccc(-c2cccc3nccn23)cc1F. The molecule has 0 spiro atoms. The zero-order chi connectivity index (χ0) is 12.5. The molecule has 0 bridgehead atoms. The van der Waals surface area contributed by atoms with Crippen molar-refractivity contribution in [2.45, 2.75) is 0 Å². The van der Waals surface area contributed by atoms with Gasteiger partial charge in [0.05, 0.1) is 11.3 Å². The van der Waals surface area contributed by atoms with Crippen molar-refractivity contribution < 1.29 is 9.18 Å². The Morgan fingerprint density at radius 3 is 2.89 bits per heavy atom. The molecule has 3 aromatic rings. The molecule has 3 rings (SSSR count). The minimum absolute atomic E-state index is 0.0663. The number of hydrogen-bond donors (Lipinski definition) is 0. The fourth-order valence-corrected chi connectivity index (χ4v) is 1.96. The molecular weight excluding hydrogens is 231 g/mol. The summed E-state index contributed by atoms with van der Waals surface area (Å²) in [6.45, 7) is 0. The van der Waals surface area contributed by atoms with Crippen molar-refractivity contribution >= 4 is 11.9 Å². The van der Waals surface area contributed by atoms with Gasteiger partial charge in [-0.1, -0.05) is 12.1 Å². The number of rotatable bonds is 2. The first kappa shape index (κ1) is 10.7. The lowest BCUT2D eigenvalue weighted by Crippen LogP contribution is -1.93. The Labute approximate surface area is 103 Å². The Hall–Kier alpha value is -2.49. The summed E-state index contributed by atoms with van der Waals surface area (Å²) in [4.78, 5) is 14.8.